The van der Waals surface area contributed by atoms with Gasteiger partial charge < -0.3 is 24.4 Å². The van der Waals surface area contributed by atoms with E-state index < -0.39 is 18.0 Å². The van der Waals surface area contributed by atoms with Gasteiger partial charge in [0.25, 0.3) is 5.91 Å². The third-order valence-electron chi connectivity index (χ3n) is 4.22. The number of methoxy groups -OCH3 is 2. The van der Waals surface area contributed by atoms with Gasteiger partial charge >= 0.3 is 5.97 Å². The number of hydrogen-bond acceptors (Lipinski definition) is 6. The lowest BCUT2D eigenvalue weighted by Crippen LogP contribution is -2.37. The van der Waals surface area contributed by atoms with Crippen molar-refractivity contribution < 1.29 is 28.6 Å². The highest BCUT2D eigenvalue weighted by Gasteiger charge is 2.38. The number of ether oxygens (including phenoxy) is 3. The van der Waals surface area contributed by atoms with Crippen LogP contribution in [0.3, 0.4) is 0 Å². The number of benzene rings is 1. The summed E-state index contributed by atoms with van der Waals surface area (Å²) in [7, 11) is 2.94. The molecule has 1 saturated heterocycles. The van der Waals surface area contributed by atoms with Crippen molar-refractivity contribution >= 4 is 35.1 Å². The fourth-order valence-corrected chi connectivity index (χ4v) is 3.03. The van der Waals surface area contributed by atoms with Crippen LogP contribution >= 0.6 is 11.6 Å². The summed E-state index contributed by atoms with van der Waals surface area (Å²) >= 11 is 6.16. The van der Waals surface area contributed by atoms with Crippen molar-refractivity contribution in [3.63, 3.8) is 0 Å². The summed E-state index contributed by atoms with van der Waals surface area (Å²) in [6, 6.07) is 3.13. The van der Waals surface area contributed by atoms with Crippen LogP contribution in [0.2, 0.25) is 5.02 Å². The lowest BCUT2D eigenvalue weighted by Gasteiger charge is -2.21. The summed E-state index contributed by atoms with van der Waals surface area (Å²) in [6.45, 7) is 3.81. The summed E-state index contributed by atoms with van der Waals surface area (Å²) in [4.78, 5) is 37.9. The molecule has 1 aromatic carbocycles. The Morgan fingerprint density at radius 3 is 2.56 bits per heavy atom. The van der Waals surface area contributed by atoms with Crippen molar-refractivity contribution in [1.82, 2.24) is 5.32 Å². The molecule has 1 N–H and O–H groups in total. The van der Waals surface area contributed by atoms with Gasteiger partial charge in [-0.15, -0.1) is 0 Å². The van der Waals surface area contributed by atoms with Crippen LogP contribution in [0.25, 0.3) is 0 Å². The van der Waals surface area contributed by atoms with Gasteiger partial charge in [0.2, 0.25) is 5.91 Å². The average molecular weight is 399 g/mol. The molecule has 2 rings (SSSR count). The zero-order chi connectivity index (χ0) is 20.1. The number of likely N-dealkylation sites (N-methyl/N-ethyl adjacent to an activating group) is 1. The Hall–Kier alpha value is -2.48. The van der Waals surface area contributed by atoms with Crippen LogP contribution in [-0.2, 0) is 19.1 Å². The Balaban J connectivity index is 2.14. The largest absolute Gasteiger partial charge is 0.495 e. The average Bonchev–Trinajstić information content (AvgIpc) is 3.03. The van der Waals surface area contributed by atoms with Crippen molar-refractivity contribution in [2.75, 3.05) is 32.2 Å². The SMILES string of the molecule is CCNC(=O)[C@H](C)OC(=O)[C@H]1CC(=O)N(c2cc(Cl)c(OC)cc2OC)C1. The molecule has 0 aromatic heterocycles. The molecular weight excluding hydrogens is 376 g/mol. The van der Waals surface area contributed by atoms with Gasteiger partial charge in [-0.3, -0.25) is 14.4 Å². The summed E-state index contributed by atoms with van der Waals surface area (Å²) < 4.78 is 15.7. The number of carbonyl (C=O) groups is 3. The monoisotopic (exact) mass is 398 g/mol. The Bertz CT molecular complexity index is 739. The van der Waals surface area contributed by atoms with E-state index in [9.17, 15) is 14.4 Å². The first-order valence-corrected chi connectivity index (χ1v) is 8.90. The normalized spacial score (nSPS) is 17.4. The Kier molecular flexibility index (Phi) is 6.90. The van der Waals surface area contributed by atoms with Crippen LogP contribution < -0.4 is 19.7 Å². The smallest absolute Gasteiger partial charge is 0.312 e. The van der Waals surface area contributed by atoms with Crippen molar-refractivity contribution in [1.29, 1.82) is 0 Å². The second-order valence-electron chi connectivity index (χ2n) is 6.04. The summed E-state index contributed by atoms with van der Waals surface area (Å²) in [5.74, 6) is -1.11. The number of hydrogen-bond donors (Lipinski definition) is 1. The number of halogens is 1. The molecule has 0 saturated carbocycles. The second-order valence-corrected chi connectivity index (χ2v) is 6.44. The van der Waals surface area contributed by atoms with Gasteiger partial charge in [-0.2, -0.15) is 0 Å². The summed E-state index contributed by atoms with van der Waals surface area (Å²) in [5.41, 5.74) is 0.445. The minimum atomic E-state index is -0.924. The van der Waals surface area contributed by atoms with E-state index in [1.165, 1.54) is 26.0 Å². The maximum atomic E-state index is 12.5. The van der Waals surface area contributed by atoms with Crippen LogP contribution in [-0.4, -0.2) is 51.2 Å². The molecule has 148 valence electrons. The molecule has 9 heteroatoms. The van der Waals surface area contributed by atoms with E-state index >= 15 is 0 Å². The number of carbonyl (C=O) groups excluding carboxylic acids is 3. The molecule has 0 bridgehead atoms. The minimum Gasteiger partial charge on any atom is -0.495 e. The quantitative estimate of drug-likeness (QED) is 0.703. The third-order valence-corrected chi connectivity index (χ3v) is 4.51. The number of nitrogens with zero attached hydrogens (tertiary/aromatic N) is 1. The summed E-state index contributed by atoms with van der Waals surface area (Å²) in [6.07, 6.45) is -0.945. The topological polar surface area (TPSA) is 94.2 Å². The van der Waals surface area contributed by atoms with Gasteiger partial charge in [-0.25, -0.2) is 0 Å². The van der Waals surface area contributed by atoms with E-state index in [0.29, 0.717) is 28.8 Å². The lowest BCUT2D eigenvalue weighted by molar-refractivity contribution is -0.158. The zero-order valence-electron chi connectivity index (χ0n) is 15.7. The second kappa shape index (κ2) is 8.94. The molecular formula is C18H23ClN2O6. The standard InChI is InChI=1S/C18H23ClN2O6/c1-5-20-17(23)10(2)27-18(24)11-6-16(22)21(9-11)13-7-12(19)14(25-3)8-15(13)26-4/h7-8,10-11H,5-6,9H2,1-4H3,(H,20,23)/t10-,11-/m0/s1. The highest BCUT2D eigenvalue weighted by Crippen LogP contribution is 2.40. The van der Waals surface area contributed by atoms with Crippen LogP contribution in [0.1, 0.15) is 20.3 Å². The highest BCUT2D eigenvalue weighted by molar-refractivity contribution is 6.32. The molecule has 1 aromatic rings. The van der Waals surface area contributed by atoms with E-state index in [1.54, 1.807) is 19.1 Å². The maximum Gasteiger partial charge on any atom is 0.312 e. The van der Waals surface area contributed by atoms with Crippen LogP contribution in [0.15, 0.2) is 12.1 Å². The van der Waals surface area contributed by atoms with Crippen molar-refractivity contribution in [2.24, 2.45) is 5.92 Å². The van der Waals surface area contributed by atoms with E-state index in [2.05, 4.69) is 5.32 Å². The molecule has 0 spiro atoms. The number of esters is 1. The Morgan fingerprint density at radius 1 is 1.30 bits per heavy atom. The van der Waals surface area contributed by atoms with Crippen molar-refractivity contribution in [2.45, 2.75) is 26.4 Å². The van der Waals surface area contributed by atoms with E-state index in [4.69, 9.17) is 25.8 Å². The van der Waals surface area contributed by atoms with Crippen molar-refractivity contribution in [3.05, 3.63) is 17.2 Å². The molecule has 2 atom stereocenters. The van der Waals surface area contributed by atoms with E-state index in [0.717, 1.165) is 0 Å². The van der Waals surface area contributed by atoms with Crippen molar-refractivity contribution in [3.8, 4) is 11.5 Å². The number of anilines is 1. The number of rotatable bonds is 7. The third kappa shape index (κ3) is 4.63. The molecule has 8 nitrogen and oxygen atoms in total. The molecule has 1 fully saturated rings. The van der Waals surface area contributed by atoms with Crippen LogP contribution in [0.5, 0.6) is 11.5 Å². The number of amides is 2. The van der Waals surface area contributed by atoms with E-state index in [-0.39, 0.29) is 24.8 Å². The highest BCUT2D eigenvalue weighted by atomic mass is 35.5. The van der Waals surface area contributed by atoms with Gasteiger partial charge in [0.05, 0.1) is 30.8 Å². The molecule has 0 unspecified atom stereocenters. The lowest BCUT2D eigenvalue weighted by atomic mass is 10.1. The molecule has 1 aliphatic rings. The van der Waals surface area contributed by atoms with Gasteiger partial charge in [-0.05, 0) is 19.9 Å². The van der Waals surface area contributed by atoms with Crippen LogP contribution in [0, 0.1) is 5.92 Å². The summed E-state index contributed by atoms with van der Waals surface area (Å²) in [5, 5.41) is 2.90. The Labute approximate surface area is 162 Å². The number of nitrogens with one attached hydrogen (secondary N) is 1. The molecule has 0 radical (unpaired) electrons. The first kappa shape index (κ1) is 20.8. The predicted octanol–water partition coefficient (Wildman–Crippen LogP) is 1.78. The Morgan fingerprint density at radius 2 is 1.96 bits per heavy atom. The fraction of sp³-hybridized carbons (Fsp3) is 0.500. The predicted molar refractivity (Wildman–Crippen MR) is 99.3 cm³/mol. The van der Waals surface area contributed by atoms with Gasteiger partial charge in [0.1, 0.15) is 11.5 Å². The van der Waals surface area contributed by atoms with E-state index in [1.807, 2.05) is 0 Å². The fourth-order valence-electron chi connectivity index (χ4n) is 2.80. The zero-order valence-corrected chi connectivity index (χ0v) is 16.5. The van der Waals surface area contributed by atoms with Gasteiger partial charge in [0, 0.05) is 25.6 Å². The first-order chi connectivity index (χ1) is 12.8. The van der Waals surface area contributed by atoms with Gasteiger partial charge in [0.15, 0.2) is 6.10 Å². The molecule has 1 heterocycles. The molecule has 0 aliphatic carbocycles. The van der Waals surface area contributed by atoms with Gasteiger partial charge in [-0.1, -0.05) is 11.6 Å². The molecule has 1 aliphatic heterocycles. The first-order valence-electron chi connectivity index (χ1n) is 8.52. The molecule has 2 amide bonds. The maximum absolute atomic E-state index is 12.5. The minimum absolute atomic E-state index is 0.0201. The van der Waals surface area contributed by atoms with Crippen LogP contribution in [0.4, 0.5) is 5.69 Å². The molecule has 27 heavy (non-hydrogen) atoms.